The molecule has 0 radical (unpaired) electrons. The Bertz CT molecular complexity index is 494. The Morgan fingerprint density at radius 1 is 1.57 bits per heavy atom. The van der Waals surface area contributed by atoms with Crippen molar-refractivity contribution < 1.29 is 9.53 Å². The number of esters is 1. The van der Waals surface area contributed by atoms with Gasteiger partial charge < -0.3 is 10.1 Å². The number of hydrogen-bond donors (Lipinski definition) is 1. The maximum atomic E-state index is 12.4. The summed E-state index contributed by atoms with van der Waals surface area (Å²) in [5.74, 6) is 0.792. The van der Waals surface area contributed by atoms with Gasteiger partial charge in [0, 0.05) is 17.6 Å². The van der Waals surface area contributed by atoms with E-state index in [4.69, 9.17) is 4.74 Å². The predicted molar refractivity (Wildman–Crippen MR) is 83.3 cm³/mol. The maximum absolute atomic E-state index is 12.4. The van der Waals surface area contributed by atoms with Crippen LogP contribution in [-0.4, -0.2) is 40.9 Å². The summed E-state index contributed by atoms with van der Waals surface area (Å²) in [7, 11) is 1.46. The second kappa shape index (κ2) is 7.22. The van der Waals surface area contributed by atoms with E-state index < -0.39 is 5.54 Å². The van der Waals surface area contributed by atoms with E-state index in [-0.39, 0.29) is 5.97 Å². The highest BCUT2D eigenvalue weighted by atomic mass is 32.2. The van der Waals surface area contributed by atoms with Gasteiger partial charge in [-0.05, 0) is 44.7 Å². The van der Waals surface area contributed by atoms with Gasteiger partial charge >= 0.3 is 5.97 Å². The van der Waals surface area contributed by atoms with Crippen molar-refractivity contribution in [1.29, 1.82) is 0 Å². The van der Waals surface area contributed by atoms with Crippen LogP contribution in [0.1, 0.15) is 31.9 Å². The first-order valence-corrected chi connectivity index (χ1v) is 8.37. The number of hydrogen-bond acceptors (Lipinski definition) is 6. The molecule has 1 saturated carbocycles. The number of methoxy groups -OCH3 is 1. The molecule has 21 heavy (non-hydrogen) atoms. The Labute approximate surface area is 130 Å². The third-order valence-electron chi connectivity index (χ3n) is 3.72. The molecule has 116 valence electrons. The Hall–Kier alpha value is -1.14. The lowest BCUT2D eigenvalue weighted by Crippen LogP contribution is -2.57. The number of carbonyl (C=O) groups excluding carboxylic acids is 1. The van der Waals surface area contributed by atoms with E-state index in [0.29, 0.717) is 16.8 Å². The molecule has 1 aromatic heterocycles. The molecule has 2 rings (SSSR count). The van der Waals surface area contributed by atoms with E-state index in [9.17, 15) is 4.79 Å². The first kappa shape index (κ1) is 16.2. The number of nitrogens with one attached hydrogen (secondary N) is 1. The Morgan fingerprint density at radius 2 is 2.33 bits per heavy atom. The highest BCUT2D eigenvalue weighted by Crippen LogP contribution is 2.42. The summed E-state index contributed by atoms with van der Waals surface area (Å²) in [6, 6.07) is 1.87. The minimum absolute atomic E-state index is 0.168. The highest BCUT2D eigenvalue weighted by molar-refractivity contribution is 7.99. The molecule has 0 aliphatic heterocycles. The smallest absolute Gasteiger partial charge is 0.327 e. The highest BCUT2D eigenvalue weighted by Gasteiger charge is 2.51. The van der Waals surface area contributed by atoms with Crippen molar-refractivity contribution in [1.82, 2.24) is 15.3 Å². The molecule has 1 aliphatic carbocycles. The van der Waals surface area contributed by atoms with Crippen molar-refractivity contribution in [3.05, 3.63) is 18.0 Å². The van der Waals surface area contributed by atoms with Crippen molar-refractivity contribution >= 4 is 17.7 Å². The van der Waals surface area contributed by atoms with Gasteiger partial charge in [-0.1, -0.05) is 18.7 Å². The molecule has 0 saturated heterocycles. The second-order valence-electron chi connectivity index (χ2n) is 5.43. The zero-order valence-electron chi connectivity index (χ0n) is 12.9. The van der Waals surface area contributed by atoms with Crippen LogP contribution in [0.2, 0.25) is 0 Å². The lowest BCUT2D eigenvalue weighted by Gasteiger charge is -2.31. The van der Waals surface area contributed by atoms with E-state index in [1.54, 1.807) is 6.20 Å². The maximum Gasteiger partial charge on any atom is 0.327 e. The first-order chi connectivity index (χ1) is 10.1. The van der Waals surface area contributed by atoms with E-state index in [1.165, 1.54) is 18.9 Å². The van der Waals surface area contributed by atoms with Gasteiger partial charge in [0.05, 0.1) is 7.11 Å². The van der Waals surface area contributed by atoms with E-state index >= 15 is 0 Å². The number of thioether (sulfide) groups is 1. The van der Waals surface area contributed by atoms with Crippen LogP contribution in [-0.2, 0) is 9.53 Å². The number of nitrogens with zero attached hydrogens (tertiary/aromatic N) is 2. The molecule has 1 aliphatic rings. The van der Waals surface area contributed by atoms with Gasteiger partial charge in [0.15, 0.2) is 5.16 Å². The summed E-state index contributed by atoms with van der Waals surface area (Å²) in [6.07, 6.45) is 4.88. The molecule has 0 amide bonds. The van der Waals surface area contributed by atoms with Gasteiger partial charge in [-0.2, -0.15) is 0 Å². The van der Waals surface area contributed by atoms with Crippen LogP contribution < -0.4 is 5.32 Å². The third kappa shape index (κ3) is 3.95. The van der Waals surface area contributed by atoms with E-state index in [2.05, 4.69) is 22.2 Å². The standard InChI is InChI=1S/C15H23N3O2S/c1-4-8-17-15(12-5-6-12,13(19)20-3)10-21-14-16-9-7-11(2)18-14/h7,9,12,17H,4-6,8,10H2,1-3H3. The molecular formula is C15H23N3O2S. The van der Waals surface area contributed by atoms with Crippen molar-refractivity contribution in [2.24, 2.45) is 5.92 Å². The summed E-state index contributed by atoms with van der Waals surface area (Å²) in [5, 5.41) is 4.14. The number of aryl methyl sites for hydroxylation is 1. The zero-order chi connectivity index (χ0) is 15.3. The Kier molecular flexibility index (Phi) is 5.58. The number of carbonyl (C=O) groups is 1. The normalized spacial score (nSPS) is 17.3. The van der Waals surface area contributed by atoms with Crippen LogP contribution in [0.5, 0.6) is 0 Å². The summed E-state index contributed by atoms with van der Waals surface area (Å²) in [5.41, 5.74) is 0.326. The molecule has 0 aromatic carbocycles. The SMILES string of the molecule is CCCNC(CSc1nccc(C)n1)(C(=O)OC)C1CC1. The zero-order valence-corrected chi connectivity index (χ0v) is 13.7. The lowest BCUT2D eigenvalue weighted by atomic mass is 9.95. The van der Waals surface area contributed by atoms with Gasteiger partial charge in [0.2, 0.25) is 0 Å². The second-order valence-corrected chi connectivity index (χ2v) is 6.38. The van der Waals surface area contributed by atoms with Crippen LogP contribution in [0, 0.1) is 12.8 Å². The van der Waals surface area contributed by atoms with Crippen molar-refractivity contribution in [3.63, 3.8) is 0 Å². The van der Waals surface area contributed by atoms with Crippen LogP contribution in [0.15, 0.2) is 17.4 Å². The van der Waals surface area contributed by atoms with Crippen LogP contribution in [0.4, 0.5) is 0 Å². The van der Waals surface area contributed by atoms with Crippen molar-refractivity contribution in [2.75, 3.05) is 19.4 Å². The van der Waals surface area contributed by atoms with Gasteiger partial charge in [0.25, 0.3) is 0 Å². The van der Waals surface area contributed by atoms with E-state index in [0.717, 1.165) is 31.5 Å². The van der Waals surface area contributed by atoms with Crippen LogP contribution >= 0.6 is 11.8 Å². The molecular weight excluding hydrogens is 286 g/mol. The average molecular weight is 309 g/mol. The van der Waals surface area contributed by atoms with Gasteiger partial charge in [-0.15, -0.1) is 0 Å². The number of rotatable bonds is 8. The first-order valence-electron chi connectivity index (χ1n) is 7.38. The molecule has 1 heterocycles. The molecule has 1 N–H and O–H groups in total. The molecule has 1 atom stereocenters. The molecule has 6 heteroatoms. The Morgan fingerprint density at radius 3 is 2.90 bits per heavy atom. The molecule has 0 spiro atoms. The summed E-state index contributed by atoms with van der Waals surface area (Å²) >= 11 is 1.52. The molecule has 5 nitrogen and oxygen atoms in total. The van der Waals surface area contributed by atoms with Crippen molar-refractivity contribution in [3.8, 4) is 0 Å². The molecule has 1 fully saturated rings. The van der Waals surface area contributed by atoms with Crippen molar-refractivity contribution in [2.45, 2.75) is 43.8 Å². The predicted octanol–water partition coefficient (Wildman–Crippen LogP) is 2.20. The largest absolute Gasteiger partial charge is 0.468 e. The third-order valence-corrected chi connectivity index (χ3v) is 4.77. The van der Waals surface area contributed by atoms with Crippen LogP contribution in [0.25, 0.3) is 0 Å². The molecule has 0 bridgehead atoms. The fourth-order valence-corrected chi connectivity index (χ4v) is 3.55. The monoisotopic (exact) mass is 309 g/mol. The van der Waals surface area contributed by atoms with Crippen LogP contribution in [0.3, 0.4) is 0 Å². The molecule has 1 aromatic rings. The minimum Gasteiger partial charge on any atom is -0.468 e. The topological polar surface area (TPSA) is 64.1 Å². The summed E-state index contributed by atoms with van der Waals surface area (Å²) in [4.78, 5) is 21.0. The molecule has 1 unspecified atom stereocenters. The van der Waals surface area contributed by atoms with Gasteiger partial charge in [0.1, 0.15) is 5.54 Å². The van der Waals surface area contributed by atoms with Gasteiger partial charge in [-0.3, -0.25) is 4.79 Å². The number of ether oxygens (including phenoxy) is 1. The van der Waals surface area contributed by atoms with E-state index in [1.807, 2.05) is 13.0 Å². The van der Waals surface area contributed by atoms with Gasteiger partial charge in [-0.25, -0.2) is 9.97 Å². The Balaban J connectivity index is 2.12. The fraction of sp³-hybridized carbons (Fsp3) is 0.667. The number of aromatic nitrogens is 2. The average Bonchev–Trinajstić information content (AvgIpc) is 3.32. The lowest BCUT2D eigenvalue weighted by molar-refractivity contribution is -0.148. The minimum atomic E-state index is -0.609. The fourth-order valence-electron chi connectivity index (χ4n) is 2.39. The quantitative estimate of drug-likeness (QED) is 0.451. The summed E-state index contributed by atoms with van der Waals surface area (Å²) < 4.78 is 5.07. The summed E-state index contributed by atoms with van der Waals surface area (Å²) in [6.45, 7) is 4.84.